The van der Waals surface area contributed by atoms with Crippen molar-refractivity contribution in [3.63, 3.8) is 0 Å². The molecule has 1 saturated carbocycles. The quantitative estimate of drug-likeness (QED) is 0.796. The van der Waals surface area contributed by atoms with Gasteiger partial charge in [-0.2, -0.15) is 0 Å². The first-order valence-corrected chi connectivity index (χ1v) is 6.31. The number of carboxylic acids is 1. The lowest BCUT2D eigenvalue weighted by Crippen LogP contribution is -2.21. The number of anilines is 1. The number of carbonyl (C=O) groups excluding carboxylic acids is 1. The molecule has 0 saturated heterocycles. The van der Waals surface area contributed by atoms with Crippen LogP contribution in [0.15, 0.2) is 4.42 Å². The Balaban J connectivity index is 1.75. The molecule has 0 aromatic carbocycles. The van der Waals surface area contributed by atoms with Crippen LogP contribution in [0, 0.1) is 6.92 Å². The highest BCUT2D eigenvalue weighted by atomic mass is 16.4. The van der Waals surface area contributed by atoms with Crippen molar-refractivity contribution in [1.82, 2.24) is 25.2 Å². The lowest BCUT2D eigenvalue weighted by atomic mass is 10.2. The number of nitrogens with zero attached hydrogens (tertiary/aromatic N) is 5. The zero-order chi connectivity index (χ0) is 15.0. The third kappa shape index (κ3) is 2.73. The van der Waals surface area contributed by atoms with E-state index in [9.17, 15) is 9.59 Å². The largest absolute Gasteiger partial charge is 0.476 e. The summed E-state index contributed by atoms with van der Waals surface area (Å²) in [6.45, 7) is 1.44. The van der Waals surface area contributed by atoms with Crippen LogP contribution in [0.5, 0.6) is 0 Å². The van der Waals surface area contributed by atoms with Gasteiger partial charge in [-0.1, -0.05) is 10.3 Å². The van der Waals surface area contributed by atoms with Crippen molar-refractivity contribution < 1.29 is 19.1 Å². The average Bonchev–Trinajstić information content (AvgIpc) is 3.04. The van der Waals surface area contributed by atoms with E-state index in [0.29, 0.717) is 11.6 Å². The second-order valence-electron chi connectivity index (χ2n) is 4.73. The molecule has 0 atom stereocenters. The summed E-state index contributed by atoms with van der Waals surface area (Å²) in [4.78, 5) is 23.0. The smallest absolute Gasteiger partial charge is 0.358 e. The van der Waals surface area contributed by atoms with Crippen molar-refractivity contribution in [3.05, 3.63) is 17.3 Å². The first-order chi connectivity index (χ1) is 10.0. The summed E-state index contributed by atoms with van der Waals surface area (Å²) < 4.78 is 6.34. The minimum absolute atomic E-state index is 0.0101. The van der Waals surface area contributed by atoms with Gasteiger partial charge < -0.3 is 9.52 Å². The van der Waals surface area contributed by atoms with Gasteiger partial charge in [-0.25, -0.2) is 9.48 Å². The van der Waals surface area contributed by atoms with Crippen LogP contribution in [-0.2, 0) is 11.3 Å². The number of aromatic carboxylic acids is 1. The number of aromatic nitrogens is 5. The van der Waals surface area contributed by atoms with Crippen LogP contribution in [0.25, 0.3) is 0 Å². The second kappa shape index (κ2) is 4.96. The highest BCUT2D eigenvalue weighted by Gasteiger charge is 2.34. The third-order valence-corrected chi connectivity index (χ3v) is 3.01. The summed E-state index contributed by atoms with van der Waals surface area (Å²) in [7, 11) is 0. The molecule has 0 unspecified atom stereocenters. The van der Waals surface area contributed by atoms with Gasteiger partial charge in [0.05, 0.1) is 5.69 Å². The van der Waals surface area contributed by atoms with Gasteiger partial charge in [0.2, 0.25) is 11.8 Å². The van der Waals surface area contributed by atoms with E-state index in [1.807, 2.05) is 0 Å². The van der Waals surface area contributed by atoms with Crippen LogP contribution in [-0.4, -0.2) is 42.2 Å². The SMILES string of the molecule is Cc1nnc(NC(=O)Cn2nnc(C(=O)O)c2C2CC2)o1. The molecule has 1 amide bonds. The predicted molar refractivity (Wildman–Crippen MR) is 66.6 cm³/mol. The van der Waals surface area contributed by atoms with Gasteiger partial charge in [0, 0.05) is 12.8 Å². The standard InChI is InChI=1S/C11H12N6O4/c1-5-13-15-11(21-5)12-7(18)4-17-9(6-2-3-6)8(10(19)20)14-16-17/h6H,2-4H2,1H3,(H,19,20)(H,12,15,18). The number of carbonyl (C=O) groups is 2. The third-order valence-electron chi connectivity index (χ3n) is 3.01. The first kappa shape index (κ1) is 13.2. The molecule has 2 heterocycles. The van der Waals surface area contributed by atoms with E-state index in [2.05, 4.69) is 25.8 Å². The molecule has 10 nitrogen and oxygen atoms in total. The molecule has 10 heteroatoms. The number of aryl methyl sites for hydroxylation is 1. The van der Waals surface area contributed by atoms with Crippen LogP contribution in [0.2, 0.25) is 0 Å². The van der Waals surface area contributed by atoms with Gasteiger partial charge in [0.1, 0.15) is 6.54 Å². The van der Waals surface area contributed by atoms with Crippen LogP contribution >= 0.6 is 0 Å². The number of rotatable bonds is 5. The zero-order valence-electron chi connectivity index (χ0n) is 11.1. The minimum Gasteiger partial charge on any atom is -0.476 e. The molecule has 1 aliphatic carbocycles. The second-order valence-corrected chi connectivity index (χ2v) is 4.73. The minimum atomic E-state index is -1.14. The van der Waals surface area contributed by atoms with E-state index in [1.165, 1.54) is 4.68 Å². The van der Waals surface area contributed by atoms with E-state index in [1.54, 1.807) is 6.92 Å². The van der Waals surface area contributed by atoms with E-state index in [4.69, 9.17) is 9.52 Å². The fourth-order valence-corrected chi connectivity index (χ4v) is 1.99. The Morgan fingerprint density at radius 1 is 1.38 bits per heavy atom. The average molecular weight is 292 g/mol. The predicted octanol–water partition coefficient (Wildman–Crippen LogP) is 0.184. The van der Waals surface area contributed by atoms with Crippen molar-refractivity contribution in [2.75, 3.05) is 5.32 Å². The highest BCUT2D eigenvalue weighted by Crippen LogP contribution is 2.41. The maximum atomic E-state index is 11.9. The fraction of sp³-hybridized carbons (Fsp3) is 0.455. The van der Waals surface area contributed by atoms with Crippen molar-refractivity contribution in [1.29, 1.82) is 0 Å². The zero-order valence-corrected chi connectivity index (χ0v) is 11.1. The Labute approximate surface area is 118 Å². The molecule has 0 spiro atoms. The summed E-state index contributed by atoms with van der Waals surface area (Å²) in [5, 5.41) is 26.1. The fourth-order valence-electron chi connectivity index (χ4n) is 1.99. The van der Waals surface area contributed by atoms with Gasteiger partial charge in [0.25, 0.3) is 0 Å². The summed E-state index contributed by atoms with van der Waals surface area (Å²) >= 11 is 0. The molecule has 21 heavy (non-hydrogen) atoms. The van der Waals surface area contributed by atoms with E-state index >= 15 is 0 Å². The van der Waals surface area contributed by atoms with Crippen LogP contribution < -0.4 is 5.32 Å². The van der Waals surface area contributed by atoms with Gasteiger partial charge in [-0.3, -0.25) is 10.1 Å². The molecule has 2 aromatic rings. The monoisotopic (exact) mass is 292 g/mol. The Morgan fingerprint density at radius 2 is 2.14 bits per heavy atom. The highest BCUT2D eigenvalue weighted by molar-refractivity contribution is 5.89. The maximum absolute atomic E-state index is 11.9. The molecule has 3 rings (SSSR count). The molecule has 0 radical (unpaired) electrons. The summed E-state index contributed by atoms with van der Waals surface area (Å²) in [5.41, 5.74) is 0.387. The Morgan fingerprint density at radius 3 is 2.71 bits per heavy atom. The topological polar surface area (TPSA) is 136 Å². The Hall–Kier alpha value is -2.78. The molecule has 1 aliphatic rings. The molecule has 1 fully saturated rings. The number of nitrogens with one attached hydrogen (secondary N) is 1. The van der Waals surface area contributed by atoms with Gasteiger partial charge >= 0.3 is 12.0 Å². The van der Waals surface area contributed by atoms with Crippen molar-refractivity contribution in [2.24, 2.45) is 0 Å². The van der Waals surface area contributed by atoms with E-state index in [-0.39, 0.29) is 24.2 Å². The molecule has 0 bridgehead atoms. The summed E-state index contributed by atoms with van der Waals surface area (Å²) in [6, 6.07) is -0.0101. The number of hydrogen-bond acceptors (Lipinski definition) is 7. The Kier molecular flexibility index (Phi) is 3.12. The normalized spacial score (nSPS) is 14.1. The van der Waals surface area contributed by atoms with E-state index in [0.717, 1.165) is 12.8 Å². The van der Waals surface area contributed by atoms with E-state index < -0.39 is 11.9 Å². The number of carboxylic acid groups (broad SMARTS) is 1. The number of amides is 1. The number of hydrogen-bond donors (Lipinski definition) is 2. The first-order valence-electron chi connectivity index (χ1n) is 6.31. The van der Waals surface area contributed by atoms with Crippen LogP contribution in [0.1, 0.15) is 40.8 Å². The van der Waals surface area contributed by atoms with Gasteiger partial charge in [-0.15, -0.1) is 10.2 Å². The molecular formula is C11H12N6O4. The van der Waals surface area contributed by atoms with Crippen molar-refractivity contribution in [2.45, 2.75) is 32.2 Å². The summed E-state index contributed by atoms with van der Waals surface area (Å²) in [6.07, 6.45) is 1.75. The summed E-state index contributed by atoms with van der Waals surface area (Å²) in [5.74, 6) is -1.15. The van der Waals surface area contributed by atoms with Crippen molar-refractivity contribution in [3.8, 4) is 0 Å². The molecular weight excluding hydrogens is 280 g/mol. The van der Waals surface area contributed by atoms with Gasteiger partial charge in [0.15, 0.2) is 5.69 Å². The van der Waals surface area contributed by atoms with Gasteiger partial charge in [-0.05, 0) is 12.8 Å². The van der Waals surface area contributed by atoms with Crippen LogP contribution in [0.4, 0.5) is 6.01 Å². The molecule has 2 aromatic heterocycles. The lowest BCUT2D eigenvalue weighted by molar-refractivity contribution is -0.117. The molecule has 110 valence electrons. The maximum Gasteiger partial charge on any atom is 0.358 e. The Bertz CT molecular complexity index is 701. The van der Waals surface area contributed by atoms with Crippen molar-refractivity contribution >= 4 is 17.9 Å². The molecule has 0 aliphatic heterocycles. The van der Waals surface area contributed by atoms with Crippen LogP contribution in [0.3, 0.4) is 0 Å². The lowest BCUT2D eigenvalue weighted by Gasteiger charge is -2.05. The molecule has 2 N–H and O–H groups in total.